The minimum atomic E-state index is 0.144. The highest BCUT2D eigenvalue weighted by Crippen LogP contribution is 2.32. The topological polar surface area (TPSA) is 12.4 Å². The number of nitrogens with zero attached hydrogens (tertiary/aromatic N) is 1. The lowest BCUT2D eigenvalue weighted by Gasteiger charge is -2.20. The summed E-state index contributed by atoms with van der Waals surface area (Å²) >= 11 is 0. The van der Waals surface area contributed by atoms with Crippen LogP contribution in [-0.2, 0) is 0 Å². The zero-order valence-electron chi connectivity index (χ0n) is 27.6. The van der Waals surface area contributed by atoms with Crippen LogP contribution < -0.4 is 0 Å². The largest absolute Gasteiger partial charge is 0.253 e. The zero-order chi connectivity index (χ0) is 30.1. The van der Waals surface area contributed by atoms with Crippen LogP contribution in [0.3, 0.4) is 0 Å². The van der Waals surface area contributed by atoms with E-state index in [9.17, 15) is 0 Å². The summed E-state index contributed by atoms with van der Waals surface area (Å²) in [5.41, 5.74) is 13.3. The molecular formula is C38H55N. The van der Waals surface area contributed by atoms with E-state index in [0.29, 0.717) is 0 Å². The lowest BCUT2D eigenvalue weighted by Crippen LogP contribution is -2.06. The summed E-state index contributed by atoms with van der Waals surface area (Å²) in [4.78, 5) is 5.29. The molecule has 0 aliphatic carbocycles. The van der Waals surface area contributed by atoms with Crippen LogP contribution in [0.4, 0.5) is 0 Å². The Kier molecular flexibility index (Phi) is 12.6. The first kappa shape index (κ1) is 34.1. The first-order chi connectivity index (χ1) is 17.9. The van der Waals surface area contributed by atoms with Crippen molar-refractivity contribution in [2.24, 2.45) is 15.8 Å². The van der Waals surface area contributed by atoms with Gasteiger partial charge in [-0.05, 0) is 105 Å². The van der Waals surface area contributed by atoms with Crippen LogP contribution in [0.5, 0.6) is 0 Å². The second-order valence-corrected chi connectivity index (χ2v) is 12.9. The van der Waals surface area contributed by atoms with Crippen molar-refractivity contribution in [3.05, 3.63) is 111 Å². The average molecular weight is 526 g/mol. The molecule has 0 aliphatic rings. The lowest BCUT2D eigenvalue weighted by molar-refractivity contribution is 0.504. The minimum Gasteiger partial charge on any atom is -0.253 e. The van der Waals surface area contributed by atoms with Crippen molar-refractivity contribution in [1.82, 2.24) is 0 Å². The predicted molar refractivity (Wildman–Crippen MR) is 178 cm³/mol. The molecule has 0 N–H and O–H groups in total. The van der Waals surface area contributed by atoms with Crippen LogP contribution in [0.1, 0.15) is 109 Å². The van der Waals surface area contributed by atoms with Crippen LogP contribution in [0.25, 0.3) is 5.57 Å². The highest BCUT2D eigenvalue weighted by atomic mass is 14.8. The molecular weight excluding hydrogens is 470 g/mol. The number of hydrogen-bond acceptors (Lipinski definition) is 1. The Morgan fingerprint density at radius 2 is 1.13 bits per heavy atom. The molecule has 0 spiro atoms. The van der Waals surface area contributed by atoms with Gasteiger partial charge in [0.15, 0.2) is 0 Å². The molecule has 39 heavy (non-hydrogen) atoms. The number of hydrogen-bond donors (Lipinski definition) is 0. The van der Waals surface area contributed by atoms with E-state index in [1.54, 1.807) is 0 Å². The van der Waals surface area contributed by atoms with E-state index in [2.05, 4.69) is 152 Å². The molecule has 1 nitrogen and oxygen atoms in total. The van der Waals surface area contributed by atoms with Crippen molar-refractivity contribution < 1.29 is 0 Å². The van der Waals surface area contributed by atoms with E-state index >= 15 is 0 Å². The number of aliphatic imine (C=N–C) groups is 1. The van der Waals surface area contributed by atoms with Gasteiger partial charge in [-0.25, -0.2) is 0 Å². The van der Waals surface area contributed by atoms with Crippen LogP contribution in [0, 0.1) is 10.8 Å². The van der Waals surface area contributed by atoms with Crippen LogP contribution in [0.2, 0.25) is 0 Å². The van der Waals surface area contributed by atoms with Gasteiger partial charge in [0.1, 0.15) is 0 Å². The van der Waals surface area contributed by atoms with E-state index in [0.717, 1.165) is 29.0 Å². The maximum absolute atomic E-state index is 5.29. The van der Waals surface area contributed by atoms with Gasteiger partial charge in [0.2, 0.25) is 0 Å². The first-order valence-corrected chi connectivity index (χ1v) is 14.3. The lowest BCUT2D eigenvalue weighted by atomic mass is 9.86. The van der Waals surface area contributed by atoms with Crippen molar-refractivity contribution >= 4 is 11.3 Å². The van der Waals surface area contributed by atoms with Gasteiger partial charge < -0.3 is 0 Å². The Morgan fingerprint density at radius 1 is 0.692 bits per heavy atom. The van der Waals surface area contributed by atoms with Gasteiger partial charge in [0.05, 0.1) is 5.70 Å². The predicted octanol–water partition coefficient (Wildman–Crippen LogP) is 12.0. The smallest absolute Gasteiger partial charge is 0.0699 e. The third-order valence-corrected chi connectivity index (χ3v) is 8.00. The highest BCUT2D eigenvalue weighted by Gasteiger charge is 2.16. The van der Waals surface area contributed by atoms with Gasteiger partial charge >= 0.3 is 0 Å². The summed E-state index contributed by atoms with van der Waals surface area (Å²) < 4.78 is 0. The molecule has 1 rings (SSSR count). The Bertz CT molecular complexity index is 1230. The highest BCUT2D eigenvalue weighted by molar-refractivity contribution is 6.22. The number of allylic oxidation sites excluding steroid dienone is 12. The van der Waals surface area contributed by atoms with Gasteiger partial charge in [0.25, 0.3) is 0 Å². The number of benzene rings is 1. The summed E-state index contributed by atoms with van der Waals surface area (Å²) in [6.07, 6.45) is 9.91. The van der Waals surface area contributed by atoms with Crippen molar-refractivity contribution in [2.45, 2.75) is 103 Å². The minimum absolute atomic E-state index is 0.144. The van der Waals surface area contributed by atoms with E-state index < -0.39 is 0 Å². The van der Waals surface area contributed by atoms with E-state index in [4.69, 9.17) is 4.99 Å². The molecule has 0 saturated heterocycles. The van der Waals surface area contributed by atoms with Crippen molar-refractivity contribution in [2.75, 3.05) is 0 Å². The summed E-state index contributed by atoms with van der Waals surface area (Å²) in [5, 5.41) is 0. The molecule has 1 heteroatoms. The second kappa shape index (κ2) is 14.5. The summed E-state index contributed by atoms with van der Waals surface area (Å²) in [5.74, 6) is 0. The third kappa shape index (κ3) is 10.3. The molecule has 0 bridgehead atoms. The molecule has 0 aliphatic heterocycles. The molecule has 0 fully saturated rings. The molecule has 0 unspecified atom stereocenters. The quantitative estimate of drug-likeness (QED) is 0.224. The van der Waals surface area contributed by atoms with Crippen LogP contribution in [0.15, 0.2) is 111 Å². The SMILES string of the molecule is C=C(\C(C)=N/C(=C(C)\C(C)=C\C=C(/C)C(C)(C)C)C(/CC)=C(C)/C(C)=C/C=C(\C)C(C)(C)C)c1ccccc1. The van der Waals surface area contributed by atoms with E-state index in [1.807, 2.05) is 6.07 Å². The van der Waals surface area contributed by atoms with Gasteiger partial charge in [-0.3, -0.25) is 4.99 Å². The Balaban J connectivity index is 3.88. The second-order valence-electron chi connectivity index (χ2n) is 12.9. The molecule has 0 heterocycles. The van der Waals surface area contributed by atoms with Crippen molar-refractivity contribution in [3.8, 4) is 0 Å². The van der Waals surface area contributed by atoms with Gasteiger partial charge in [-0.15, -0.1) is 0 Å². The summed E-state index contributed by atoms with van der Waals surface area (Å²) in [7, 11) is 0. The van der Waals surface area contributed by atoms with Crippen LogP contribution >= 0.6 is 0 Å². The van der Waals surface area contributed by atoms with E-state index in [-0.39, 0.29) is 10.8 Å². The molecule has 0 saturated carbocycles. The van der Waals surface area contributed by atoms with Gasteiger partial charge in [-0.2, -0.15) is 0 Å². The van der Waals surface area contributed by atoms with Crippen molar-refractivity contribution in [3.63, 3.8) is 0 Å². The zero-order valence-corrected chi connectivity index (χ0v) is 27.6. The molecule has 212 valence electrons. The molecule has 0 radical (unpaired) electrons. The molecule has 0 aromatic heterocycles. The van der Waals surface area contributed by atoms with Gasteiger partial charge in [-0.1, -0.05) is 121 Å². The molecule has 0 amide bonds. The normalized spacial score (nSPS) is 16.2. The summed E-state index contributed by atoms with van der Waals surface area (Å²) in [6.45, 7) is 35.5. The molecule has 1 aromatic carbocycles. The Labute approximate surface area is 241 Å². The average Bonchev–Trinajstić information content (AvgIpc) is 2.87. The number of rotatable bonds is 9. The molecule has 0 atom stereocenters. The van der Waals surface area contributed by atoms with Crippen molar-refractivity contribution in [1.29, 1.82) is 0 Å². The van der Waals surface area contributed by atoms with Gasteiger partial charge in [0, 0.05) is 5.71 Å². The Hall–Kier alpha value is -2.93. The monoisotopic (exact) mass is 525 g/mol. The maximum atomic E-state index is 5.29. The fourth-order valence-electron chi connectivity index (χ4n) is 3.75. The fourth-order valence-corrected chi connectivity index (χ4v) is 3.75. The standard InChI is InChI=1S/C38H55N/c1-16-35(30(6)26(2)22-24-28(4)37(10,11)12)36(31(7)27(3)23-25-29(5)38(13,14)15)39-33(9)32(8)34-20-18-17-19-21-34/h17-25H,8,16H2,1-7,9-15H3/b26-22+,27-23+,28-24+,29-25+,35-30+,36-31-,39-33-. The van der Waals surface area contributed by atoms with Crippen LogP contribution in [-0.4, -0.2) is 5.71 Å². The summed E-state index contributed by atoms with van der Waals surface area (Å²) in [6, 6.07) is 10.3. The van der Waals surface area contributed by atoms with E-state index in [1.165, 1.54) is 39.0 Å². The molecule has 1 aromatic rings. The fraction of sp³-hybridized carbons (Fsp3) is 0.447. The Morgan fingerprint density at radius 3 is 1.54 bits per heavy atom. The first-order valence-electron chi connectivity index (χ1n) is 14.3. The maximum Gasteiger partial charge on any atom is 0.0699 e. The third-order valence-electron chi connectivity index (χ3n) is 8.00.